The van der Waals surface area contributed by atoms with Crippen LogP contribution < -0.4 is 4.74 Å². The van der Waals surface area contributed by atoms with Gasteiger partial charge in [-0.1, -0.05) is 54.5 Å². The van der Waals surface area contributed by atoms with Gasteiger partial charge in [0.05, 0.1) is 13.2 Å². The second-order valence-electron chi connectivity index (χ2n) is 9.55. The lowest BCUT2D eigenvalue weighted by Crippen LogP contribution is -2.42. The Morgan fingerprint density at radius 2 is 1.79 bits per heavy atom. The van der Waals surface area contributed by atoms with E-state index in [2.05, 4.69) is 55.5 Å². The quantitative estimate of drug-likeness (QED) is 0.596. The number of fused-ring (bicyclic) bond motifs is 4. The summed E-state index contributed by atoms with van der Waals surface area (Å²) in [5, 5.41) is 0. The molecule has 3 aliphatic rings. The predicted octanol–water partition coefficient (Wildman–Crippen LogP) is 6.03. The topological polar surface area (TPSA) is 18.5 Å². The van der Waals surface area contributed by atoms with Gasteiger partial charge in [0.15, 0.2) is 0 Å². The van der Waals surface area contributed by atoms with E-state index in [0.717, 1.165) is 25.0 Å². The van der Waals surface area contributed by atoms with Crippen molar-refractivity contribution < 1.29 is 9.47 Å². The van der Waals surface area contributed by atoms with E-state index < -0.39 is 0 Å². The highest BCUT2D eigenvalue weighted by Crippen LogP contribution is 2.61. The van der Waals surface area contributed by atoms with Gasteiger partial charge in [-0.05, 0) is 79.2 Å². The average molecular weight is 389 g/mol. The maximum Gasteiger partial charge on any atom is 0.119 e. The number of hydrogen-bond acceptors (Lipinski definition) is 2. The molecular weight excluding hydrogens is 356 g/mol. The Kier molecular flexibility index (Phi) is 4.58. The van der Waals surface area contributed by atoms with Crippen molar-refractivity contribution in [2.24, 2.45) is 5.41 Å². The van der Waals surface area contributed by atoms with Gasteiger partial charge in [0.1, 0.15) is 5.75 Å². The van der Waals surface area contributed by atoms with Gasteiger partial charge < -0.3 is 9.47 Å². The lowest BCUT2D eigenvalue weighted by Gasteiger charge is -2.50. The SMILES string of the molecule is COc1ccc2c(c1)CCC1=C3C[C@H](OC)C[C@]3(C)CC[C@]12Cc1ccccc1. The van der Waals surface area contributed by atoms with Crippen molar-refractivity contribution >= 4 is 0 Å². The van der Waals surface area contributed by atoms with Crippen LogP contribution in [-0.4, -0.2) is 20.3 Å². The first kappa shape index (κ1) is 18.9. The number of rotatable bonds is 4. The fraction of sp³-hybridized carbons (Fsp3) is 0.481. The normalized spacial score (nSPS) is 30.5. The first-order valence-corrected chi connectivity index (χ1v) is 11.0. The van der Waals surface area contributed by atoms with Crippen molar-refractivity contribution in [3.63, 3.8) is 0 Å². The van der Waals surface area contributed by atoms with Crippen LogP contribution in [0.15, 0.2) is 59.7 Å². The molecule has 29 heavy (non-hydrogen) atoms. The fourth-order valence-corrected chi connectivity index (χ4v) is 6.56. The monoisotopic (exact) mass is 388 g/mol. The third-order valence-corrected chi connectivity index (χ3v) is 8.04. The van der Waals surface area contributed by atoms with E-state index in [-0.39, 0.29) is 5.41 Å². The first-order chi connectivity index (χ1) is 14.1. The fourth-order valence-electron chi connectivity index (χ4n) is 6.56. The van der Waals surface area contributed by atoms with Gasteiger partial charge in [0, 0.05) is 12.5 Å². The molecule has 0 N–H and O–H groups in total. The number of methoxy groups -OCH3 is 2. The molecule has 1 fully saturated rings. The number of benzene rings is 2. The molecule has 0 unspecified atom stereocenters. The van der Waals surface area contributed by atoms with Crippen LogP contribution in [0.25, 0.3) is 0 Å². The molecule has 2 aromatic carbocycles. The lowest BCUT2D eigenvalue weighted by atomic mass is 9.54. The van der Waals surface area contributed by atoms with Crippen molar-refractivity contribution in [3.05, 3.63) is 76.4 Å². The van der Waals surface area contributed by atoms with E-state index in [4.69, 9.17) is 9.47 Å². The smallest absolute Gasteiger partial charge is 0.119 e. The van der Waals surface area contributed by atoms with Crippen molar-refractivity contribution in [3.8, 4) is 5.75 Å². The number of allylic oxidation sites excluding steroid dienone is 1. The molecule has 2 aromatic rings. The van der Waals surface area contributed by atoms with Gasteiger partial charge in [-0.2, -0.15) is 0 Å². The Bertz CT molecular complexity index is 944. The molecule has 5 rings (SSSR count). The molecule has 0 spiro atoms. The Balaban J connectivity index is 1.69. The van der Waals surface area contributed by atoms with Gasteiger partial charge in [-0.15, -0.1) is 0 Å². The highest BCUT2D eigenvalue weighted by atomic mass is 16.5. The van der Waals surface area contributed by atoms with Crippen LogP contribution in [-0.2, 0) is 23.0 Å². The minimum atomic E-state index is 0.124. The second kappa shape index (κ2) is 7.02. The van der Waals surface area contributed by atoms with Crippen molar-refractivity contribution in [1.29, 1.82) is 0 Å². The van der Waals surface area contributed by atoms with E-state index in [1.54, 1.807) is 23.8 Å². The molecule has 3 aliphatic carbocycles. The molecule has 0 heterocycles. The summed E-state index contributed by atoms with van der Waals surface area (Å²) < 4.78 is 11.4. The Hall–Kier alpha value is -2.06. The maximum atomic E-state index is 5.85. The van der Waals surface area contributed by atoms with Crippen LogP contribution in [0.4, 0.5) is 0 Å². The summed E-state index contributed by atoms with van der Waals surface area (Å²) in [6.07, 6.45) is 8.55. The summed E-state index contributed by atoms with van der Waals surface area (Å²) in [4.78, 5) is 0. The molecule has 0 radical (unpaired) electrons. The Morgan fingerprint density at radius 3 is 2.55 bits per heavy atom. The minimum Gasteiger partial charge on any atom is -0.497 e. The van der Waals surface area contributed by atoms with Crippen LogP contribution in [0.5, 0.6) is 5.75 Å². The van der Waals surface area contributed by atoms with Crippen LogP contribution in [0.3, 0.4) is 0 Å². The predicted molar refractivity (Wildman–Crippen MR) is 118 cm³/mol. The molecule has 3 atom stereocenters. The maximum absolute atomic E-state index is 5.85. The van der Waals surface area contributed by atoms with Gasteiger partial charge in [0.25, 0.3) is 0 Å². The van der Waals surface area contributed by atoms with Crippen LogP contribution >= 0.6 is 0 Å². The summed E-state index contributed by atoms with van der Waals surface area (Å²) in [6.45, 7) is 2.49. The molecule has 0 aliphatic heterocycles. The molecule has 152 valence electrons. The van der Waals surface area contributed by atoms with E-state index in [1.165, 1.54) is 36.8 Å². The third-order valence-electron chi connectivity index (χ3n) is 8.04. The molecular formula is C27H32O2. The second-order valence-corrected chi connectivity index (χ2v) is 9.55. The van der Waals surface area contributed by atoms with Crippen LogP contribution in [0.2, 0.25) is 0 Å². The van der Waals surface area contributed by atoms with E-state index in [1.807, 2.05) is 7.11 Å². The number of aryl methyl sites for hydroxylation is 1. The zero-order valence-corrected chi connectivity index (χ0v) is 18.0. The largest absolute Gasteiger partial charge is 0.497 e. The van der Waals surface area contributed by atoms with E-state index in [9.17, 15) is 0 Å². The third kappa shape index (κ3) is 2.95. The summed E-state index contributed by atoms with van der Waals surface area (Å²) in [7, 11) is 3.66. The number of hydrogen-bond donors (Lipinski definition) is 0. The molecule has 1 saturated carbocycles. The van der Waals surface area contributed by atoms with Crippen LogP contribution in [0, 0.1) is 5.41 Å². The van der Waals surface area contributed by atoms with Crippen LogP contribution in [0.1, 0.15) is 55.7 Å². The van der Waals surface area contributed by atoms with E-state index >= 15 is 0 Å². The zero-order valence-electron chi connectivity index (χ0n) is 18.0. The molecule has 0 saturated heterocycles. The van der Waals surface area contributed by atoms with Gasteiger partial charge in [-0.3, -0.25) is 0 Å². The number of ether oxygens (including phenoxy) is 2. The molecule has 0 bridgehead atoms. The molecule has 0 aromatic heterocycles. The van der Waals surface area contributed by atoms with E-state index in [0.29, 0.717) is 11.5 Å². The molecule has 0 amide bonds. The highest BCUT2D eigenvalue weighted by Gasteiger charge is 2.52. The summed E-state index contributed by atoms with van der Waals surface area (Å²) in [5.41, 5.74) is 8.35. The van der Waals surface area contributed by atoms with Gasteiger partial charge >= 0.3 is 0 Å². The Labute approximate surface area is 174 Å². The van der Waals surface area contributed by atoms with Crippen molar-refractivity contribution in [1.82, 2.24) is 0 Å². The highest BCUT2D eigenvalue weighted by molar-refractivity contribution is 5.54. The zero-order chi connectivity index (χ0) is 20.1. The average Bonchev–Trinajstić information content (AvgIpc) is 3.11. The first-order valence-electron chi connectivity index (χ1n) is 11.0. The summed E-state index contributed by atoms with van der Waals surface area (Å²) in [5.74, 6) is 0.982. The Morgan fingerprint density at radius 1 is 0.966 bits per heavy atom. The van der Waals surface area contributed by atoms with Gasteiger partial charge in [0.2, 0.25) is 0 Å². The van der Waals surface area contributed by atoms with Gasteiger partial charge in [-0.25, -0.2) is 0 Å². The molecule has 2 heteroatoms. The van der Waals surface area contributed by atoms with Crippen molar-refractivity contribution in [2.75, 3.05) is 14.2 Å². The lowest BCUT2D eigenvalue weighted by molar-refractivity contribution is 0.0945. The standard InChI is InChI=1S/C27H32O2/c1-26-13-14-27(17-19-7-5-4-6-8-19)23-12-10-21(28-2)15-20(23)9-11-24(27)25(26)16-22(18-26)29-3/h4-8,10,12,15,22H,9,11,13-14,16-18H2,1-3H3/t22-,26-,27+/m0/s1. The van der Waals surface area contributed by atoms with Crippen molar-refractivity contribution in [2.45, 2.75) is 63.4 Å². The minimum absolute atomic E-state index is 0.124. The summed E-state index contributed by atoms with van der Waals surface area (Å²) in [6, 6.07) is 17.9. The summed E-state index contributed by atoms with van der Waals surface area (Å²) >= 11 is 0. The molecule has 2 nitrogen and oxygen atoms in total.